The van der Waals surface area contributed by atoms with Gasteiger partial charge in [0.25, 0.3) is 0 Å². The summed E-state index contributed by atoms with van der Waals surface area (Å²) in [7, 11) is 7.07. The molecule has 166 valence electrons. The standard InChI is InChI=1S/C21H32N6O2.HI/c1-22-20(23-13-19-26-25-15-27(19)2)24-14-21(10-6-5-7-11-21)16-8-9-17(28-3)18(12-16)29-4;/h8-9,12,15H,5-7,10-11,13-14H2,1-4H3,(H2,22,23,24);1H. The van der Waals surface area contributed by atoms with Gasteiger partial charge in [-0.3, -0.25) is 4.99 Å². The van der Waals surface area contributed by atoms with E-state index in [0.29, 0.717) is 6.54 Å². The van der Waals surface area contributed by atoms with E-state index < -0.39 is 0 Å². The highest BCUT2D eigenvalue weighted by atomic mass is 127. The third kappa shape index (κ3) is 5.55. The number of nitrogens with zero attached hydrogens (tertiary/aromatic N) is 4. The van der Waals surface area contributed by atoms with E-state index in [-0.39, 0.29) is 29.4 Å². The van der Waals surface area contributed by atoms with Crippen LogP contribution in [0.25, 0.3) is 0 Å². The molecule has 0 saturated heterocycles. The highest BCUT2D eigenvalue weighted by molar-refractivity contribution is 14.0. The van der Waals surface area contributed by atoms with Gasteiger partial charge in [-0.1, -0.05) is 25.3 Å². The van der Waals surface area contributed by atoms with Gasteiger partial charge in [0, 0.05) is 26.1 Å². The lowest BCUT2D eigenvalue weighted by Gasteiger charge is -2.38. The fraction of sp³-hybridized carbons (Fsp3) is 0.571. The van der Waals surface area contributed by atoms with Gasteiger partial charge < -0.3 is 24.7 Å². The Morgan fingerprint density at radius 1 is 1.13 bits per heavy atom. The van der Waals surface area contributed by atoms with Crippen LogP contribution in [0.2, 0.25) is 0 Å². The van der Waals surface area contributed by atoms with Gasteiger partial charge in [0.05, 0.1) is 20.8 Å². The summed E-state index contributed by atoms with van der Waals surface area (Å²) in [6.07, 6.45) is 7.70. The largest absolute Gasteiger partial charge is 0.493 e. The summed E-state index contributed by atoms with van der Waals surface area (Å²) < 4.78 is 12.9. The molecule has 1 aliphatic rings. The SMILES string of the molecule is CN=C(NCc1nncn1C)NCC1(c2ccc(OC)c(OC)c2)CCCCC1.I. The van der Waals surface area contributed by atoms with Crippen molar-refractivity contribution in [1.29, 1.82) is 0 Å². The Balaban J connectivity index is 0.00000320. The first-order valence-corrected chi connectivity index (χ1v) is 10.1. The summed E-state index contributed by atoms with van der Waals surface area (Å²) in [5.41, 5.74) is 1.33. The number of ether oxygens (including phenoxy) is 2. The quantitative estimate of drug-likeness (QED) is 0.327. The second-order valence-electron chi connectivity index (χ2n) is 7.55. The second kappa shape index (κ2) is 11.4. The van der Waals surface area contributed by atoms with E-state index in [4.69, 9.17) is 9.47 Å². The number of methoxy groups -OCH3 is 2. The number of aryl methyl sites for hydroxylation is 1. The van der Waals surface area contributed by atoms with Crippen LogP contribution < -0.4 is 20.1 Å². The minimum Gasteiger partial charge on any atom is -0.493 e. The molecule has 1 saturated carbocycles. The van der Waals surface area contributed by atoms with Gasteiger partial charge in [-0.05, 0) is 30.5 Å². The Morgan fingerprint density at radius 2 is 1.87 bits per heavy atom. The highest BCUT2D eigenvalue weighted by Gasteiger charge is 2.34. The van der Waals surface area contributed by atoms with Crippen molar-refractivity contribution in [1.82, 2.24) is 25.4 Å². The molecule has 1 aromatic heterocycles. The van der Waals surface area contributed by atoms with Crippen LogP contribution in [0.1, 0.15) is 43.5 Å². The van der Waals surface area contributed by atoms with E-state index in [1.165, 1.54) is 24.8 Å². The molecule has 0 radical (unpaired) electrons. The van der Waals surface area contributed by atoms with Crippen LogP contribution in [0.3, 0.4) is 0 Å². The number of nitrogens with one attached hydrogen (secondary N) is 2. The van der Waals surface area contributed by atoms with E-state index in [2.05, 4.69) is 38.0 Å². The lowest BCUT2D eigenvalue weighted by atomic mass is 9.69. The monoisotopic (exact) mass is 528 g/mol. The normalized spacial score (nSPS) is 15.8. The first kappa shape index (κ1) is 24.2. The first-order chi connectivity index (χ1) is 14.1. The molecule has 1 heterocycles. The van der Waals surface area contributed by atoms with E-state index in [0.717, 1.165) is 42.7 Å². The van der Waals surface area contributed by atoms with Gasteiger partial charge in [0.15, 0.2) is 23.3 Å². The predicted octanol–water partition coefficient (Wildman–Crippen LogP) is 3.02. The van der Waals surface area contributed by atoms with Crippen molar-refractivity contribution in [3.05, 3.63) is 35.9 Å². The molecule has 0 atom stereocenters. The number of hydrogen-bond acceptors (Lipinski definition) is 5. The smallest absolute Gasteiger partial charge is 0.191 e. The molecule has 0 unspecified atom stereocenters. The lowest BCUT2D eigenvalue weighted by Crippen LogP contribution is -2.46. The maximum Gasteiger partial charge on any atom is 0.191 e. The summed E-state index contributed by atoms with van der Waals surface area (Å²) in [6.45, 7) is 1.38. The molecule has 2 aromatic rings. The van der Waals surface area contributed by atoms with E-state index >= 15 is 0 Å². The summed E-state index contributed by atoms with van der Waals surface area (Å²) in [4.78, 5) is 4.38. The van der Waals surface area contributed by atoms with E-state index in [1.54, 1.807) is 27.6 Å². The number of halogens is 1. The van der Waals surface area contributed by atoms with Gasteiger partial charge in [0.1, 0.15) is 6.33 Å². The van der Waals surface area contributed by atoms with Crippen LogP contribution in [0.4, 0.5) is 0 Å². The van der Waals surface area contributed by atoms with Crippen LogP contribution in [0.5, 0.6) is 11.5 Å². The zero-order valence-electron chi connectivity index (χ0n) is 18.3. The van der Waals surface area contributed by atoms with Crippen molar-refractivity contribution in [2.45, 2.75) is 44.1 Å². The number of benzene rings is 1. The Labute approximate surface area is 195 Å². The van der Waals surface area contributed by atoms with Crippen molar-refractivity contribution in [2.75, 3.05) is 27.8 Å². The minimum atomic E-state index is 0. The molecule has 1 fully saturated rings. The Bertz CT molecular complexity index is 833. The molecule has 3 rings (SSSR count). The van der Waals surface area contributed by atoms with Gasteiger partial charge in [-0.2, -0.15) is 0 Å². The average Bonchev–Trinajstić information content (AvgIpc) is 3.18. The lowest BCUT2D eigenvalue weighted by molar-refractivity contribution is 0.288. The van der Waals surface area contributed by atoms with E-state index in [9.17, 15) is 0 Å². The van der Waals surface area contributed by atoms with Crippen LogP contribution in [0.15, 0.2) is 29.5 Å². The fourth-order valence-corrected chi connectivity index (χ4v) is 4.07. The van der Waals surface area contributed by atoms with E-state index in [1.807, 2.05) is 17.7 Å². The van der Waals surface area contributed by atoms with Gasteiger partial charge in [-0.15, -0.1) is 34.2 Å². The average molecular weight is 528 g/mol. The molecule has 1 aromatic carbocycles. The molecule has 8 nitrogen and oxygen atoms in total. The molecule has 30 heavy (non-hydrogen) atoms. The summed E-state index contributed by atoms with van der Waals surface area (Å²) in [6, 6.07) is 6.30. The third-order valence-corrected chi connectivity index (χ3v) is 5.84. The van der Waals surface area contributed by atoms with Crippen LogP contribution in [-0.2, 0) is 19.0 Å². The molecule has 9 heteroatoms. The van der Waals surface area contributed by atoms with Crippen molar-refractivity contribution >= 4 is 29.9 Å². The molecular formula is C21H33IN6O2. The van der Waals surface area contributed by atoms with Crippen molar-refractivity contribution in [3.63, 3.8) is 0 Å². The number of rotatable bonds is 7. The zero-order chi connectivity index (χ0) is 20.7. The first-order valence-electron chi connectivity index (χ1n) is 10.1. The molecule has 2 N–H and O–H groups in total. The van der Waals surface area contributed by atoms with Crippen LogP contribution in [0, 0.1) is 0 Å². The molecular weight excluding hydrogens is 495 g/mol. The maximum absolute atomic E-state index is 5.55. The second-order valence-corrected chi connectivity index (χ2v) is 7.55. The topological polar surface area (TPSA) is 85.6 Å². The number of hydrogen-bond donors (Lipinski definition) is 2. The number of aromatic nitrogens is 3. The van der Waals surface area contributed by atoms with Gasteiger partial charge in [0.2, 0.25) is 0 Å². The molecule has 1 aliphatic carbocycles. The summed E-state index contributed by atoms with van der Waals surface area (Å²) in [5, 5.41) is 14.9. The molecule has 0 aliphatic heterocycles. The fourth-order valence-electron chi connectivity index (χ4n) is 4.07. The Kier molecular flexibility index (Phi) is 9.19. The van der Waals surface area contributed by atoms with Crippen molar-refractivity contribution in [3.8, 4) is 11.5 Å². The predicted molar refractivity (Wildman–Crippen MR) is 129 cm³/mol. The van der Waals surface area contributed by atoms with Crippen LogP contribution in [-0.4, -0.2) is 48.5 Å². The van der Waals surface area contributed by atoms with Gasteiger partial charge >= 0.3 is 0 Å². The molecule has 0 amide bonds. The number of aliphatic imine (C=N–C) groups is 1. The maximum atomic E-state index is 5.55. The van der Waals surface area contributed by atoms with Crippen molar-refractivity contribution < 1.29 is 9.47 Å². The Morgan fingerprint density at radius 3 is 2.47 bits per heavy atom. The summed E-state index contributed by atoms with van der Waals surface area (Å²) >= 11 is 0. The molecule has 0 bridgehead atoms. The zero-order valence-corrected chi connectivity index (χ0v) is 20.6. The highest BCUT2D eigenvalue weighted by Crippen LogP contribution is 2.42. The van der Waals surface area contributed by atoms with Crippen LogP contribution >= 0.6 is 24.0 Å². The minimum absolute atomic E-state index is 0. The third-order valence-electron chi connectivity index (χ3n) is 5.84. The molecule has 0 spiro atoms. The van der Waals surface area contributed by atoms with Crippen molar-refractivity contribution in [2.24, 2.45) is 12.0 Å². The summed E-state index contributed by atoms with van der Waals surface area (Å²) in [5.74, 6) is 3.16. The van der Waals surface area contributed by atoms with Gasteiger partial charge in [-0.25, -0.2) is 0 Å². The Hall–Kier alpha value is -2.04. The number of guanidine groups is 1.